The summed E-state index contributed by atoms with van der Waals surface area (Å²) < 4.78 is 5.22. The molecule has 0 bridgehead atoms. The van der Waals surface area contributed by atoms with E-state index in [0.29, 0.717) is 5.15 Å². The van der Waals surface area contributed by atoms with Crippen LogP contribution < -0.4 is 10.2 Å². The Bertz CT molecular complexity index is 1090. The maximum Gasteiger partial charge on any atom is 0.238 e. The lowest BCUT2D eigenvalue weighted by Gasteiger charge is -2.24. The van der Waals surface area contributed by atoms with E-state index in [1.54, 1.807) is 12.1 Å². The highest BCUT2D eigenvalue weighted by Gasteiger charge is 2.31. The number of hydrazine groups is 1. The molecule has 142 valence electrons. The van der Waals surface area contributed by atoms with Crippen molar-refractivity contribution in [1.29, 1.82) is 0 Å². The number of nitrogens with one attached hydrogen (secondary N) is 1. The minimum absolute atomic E-state index is 0.107. The van der Waals surface area contributed by atoms with Crippen LogP contribution in [0, 0.1) is 6.92 Å². The zero-order valence-corrected chi connectivity index (χ0v) is 16.6. The SMILES string of the molecule is COc1ccc(C2=CC(c3cc4ccc(C)cc4nc3Cl)N(C(C)=O)N2)cc1. The number of benzene rings is 2. The summed E-state index contributed by atoms with van der Waals surface area (Å²) in [5, 5.41) is 2.95. The Morgan fingerprint density at radius 1 is 1.18 bits per heavy atom. The first-order valence-electron chi connectivity index (χ1n) is 8.96. The summed E-state index contributed by atoms with van der Waals surface area (Å²) >= 11 is 6.52. The number of pyridine rings is 1. The van der Waals surface area contributed by atoms with Gasteiger partial charge in [-0.2, -0.15) is 0 Å². The molecular formula is C22H20ClN3O2. The summed E-state index contributed by atoms with van der Waals surface area (Å²) in [6.07, 6.45) is 1.99. The molecule has 2 heterocycles. The molecule has 3 aromatic rings. The topological polar surface area (TPSA) is 54.5 Å². The Hall–Kier alpha value is -3.05. The first-order chi connectivity index (χ1) is 13.5. The van der Waals surface area contributed by atoms with Gasteiger partial charge in [0, 0.05) is 17.9 Å². The van der Waals surface area contributed by atoms with E-state index in [-0.39, 0.29) is 11.9 Å². The van der Waals surface area contributed by atoms with Gasteiger partial charge in [-0.05, 0) is 60.5 Å². The molecule has 1 aromatic heterocycles. The van der Waals surface area contributed by atoms with Crippen molar-refractivity contribution in [2.45, 2.75) is 19.9 Å². The second-order valence-corrected chi connectivity index (χ2v) is 7.18. The first-order valence-corrected chi connectivity index (χ1v) is 9.33. The van der Waals surface area contributed by atoms with Crippen LogP contribution in [0.4, 0.5) is 0 Å². The summed E-state index contributed by atoms with van der Waals surface area (Å²) in [6.45, 7) is 3.54. The fourth-order valence-corrected chi connectivity index (χ4v) is 3.64. The summed E-state index contributed by atoms with van der Waals surface area (Å²) in [5.41, 5.74) is 7.73. The lowest BCUT2D eigenvalue weighted by atomic mass is 10.0. The van der Waals surface area contributed by atoms with Crippen LogP contribution in [0.25, 0.3) is 16.6 Å². The molecule has 5 nitrogen and oxygen atoms in total. The van der Waals surface area contributed by atoms with Gasteiger partial charge in [-0.15, -0.1) is 0 Å². The van der Waals surface area contributed by atoms with E-state index in [0.717, 1.165) is 39.0 Å². The second-order valence-electron chi connectivity index (χ2n) is 6.82. The zero-order valence-electron chi connectivity index (χ0n) is 15.9. The predicted molar refractivity (Wildman–Crippen MR) is 111 cm³/mol. The molecule has 0 spiro atoms. The number of amides is 1. The maximum absolute atomic E-state index is 12.3. The number of methoxy groups -OCH3 is 1. The Morgan fingerprint density at radius 3 is 2.61 bits per heavy atom. The smallest absolute Gasteiger partial charge is 0.238 e. The van der Waals surface area contributed by atoms with Gasteiger partial charge in [0.1, 0.15) is 16.9 Å². The number of halogens is 1. The standard InChI is InChI=1S/C22H20ClN3O2/c1-13-4-5-16-11-18(22(23)24-19(16)10-13)21-12-20(25-26(21)14(2)27)15-6-8-17(28-3)9-7-15/h4-12,21,25H,1-3H3. The molecule has 1 unspecified atom stereocenters. The zero-order chi connectivity index (χ0) is 19.8. The van der Waals surface area contributed by atoms with Gasteiger partial charge in [0.05, 0.1) is 18.3 Å². The van der Waals surface area contributed by atoms with Gasteiger partial charge in [-0.1, -0.05) is 23.7 Å². The van der Waals surface area contributed by atoms with Crippen molar-refractivity contribution in [2.24, 2.45) is 0 Å². The molecule has 0 saturated carbocycles. The summed E-state index contributed by atoms with van der Waals surface area (Å²) in [7, 11) is 1.63. The number of aromatic nitrogens is 1. The van der Waals surface area contributed by atoms with Crippen LogP contribution in [0.15, 0.2) is 54.6 Å². The van der Waals surface area contributed by atoms with Crippen LogP contribution in [0.3, 0.4) is 0 Å². The van der Waals surface area contributed by atoms with E-state index in [1.807, 2.05) is 61.5 Å². The number of hydrogen-bond donors (Lipinski definition) is 1. The van der Waals surface area contributed by atoms with E-state index in [1.165, 1.54) is 6.92 Å². The second kappa shape index (κ2) is 7.17. The van der Waals surface area contributed by atoms with Crippen molar-refractivity contribution >= 4 is 34.1 Å². The van der Waals surface area contributed by atoms with E-state index in [4.69, 9.17) is 16.3 Å². The molecule has 6 heteroatoms. The van der Waals surface area contributed by atoms with Gasteiger partial charge in [-0.3, -0.25) is 10.2 Å². The van der Waals surface area contributed by atoms with Crippen molar-refractivity contribution in [3.05, 3.63) is 76.5 Å². The number of carbonyl (C=O) groups is 1. The molecule has 4 rings (SSSR count). The molecule has 1 atom stereocenters. The highest BCUT2D eigenvalue weighted by Crippen LogP contribution is 2.36. The van der Waals surface area contributed by atoms with E-state index in [2.05, 4.69) is 10.4 Å². The normalized spacial score (nSPS) is 16.1. The Labute approximate surface area is 168 Å². The van der Waals surface area contributed by atoms with E-state index >= 15 is 0 Å². The van der Waals surface area contributed by atoms with Gasteiger partial charge in [-0.25, -0.2) is 9.99 Å². The van der Waals surface area contributed by atoms with Crippen molar-refractivity contribution in [3.8, 4) is 5.75 Å². The monoisotopic (exact) mass is 393 g/mol. The van der Waals surface area contributed by atoms with Gasteiger partial charge in [0.2, 0.25) is 5.91 Å². The van der Waals surface area contributed by atoms with Gasteiger partial charge < -0.3 is 4.74 Å². The van der Waals surface area contributed by atoms with Gasteiger partial charge in [0.15, 0.2) is 0 Å². The third-order valence-electron chi connectivity index (χ3n) is 4.86. The summed E-state index contributed by atoms with van der Waals surface area (Å²) in [4.78, 5) is 16.8. The van der Waals surface area contributed by atoms with Crippen molar-refractivity contribution in [3.63, 3.8) is 0 Å². The fourth-order valence-electron chi connectivity index (χ4n) is 3.38. The number of ether oxygens (including phenoxy) is 1. The average Bonchev–Trinajstić information content (AvgIpc) is 3.13. The highest BCUT2D eigenvalue weighted by molar-refractivity contribution is 6.30. The van der Waals surface area contributed by atoms with E-state index < -0.39 is 0 Å². The number of fused-ring (bicyclic) bond motifs is 1. The lowest BCUT2D eigenvalue weighted by Crippen LogP contribution is -2.38. The molecular weight excluding hydrogens is 374 g/mol. The summed E-state index contributed by atoms with van der Waals surface area (Å²) in [5.74, 6) is 0.671. The number of hydrogen-bond acceptors (Lipinski definition) is 4. The van der Waals surface area contributed by atoms with Crippen molar-refractivity contribution < 1.29 is 9.53 Å². The number of rotatable bonds is 3. The molecule has 0 aliphatic carbocycles. The third-order valence-corrected chi connectivity index (χ3v) is 5.16. The Morgan fingerprint density at radius 2 is 1.93 bits per heavy atom. The minimum atomic E-state index is -0.347. The molecule has 1 aliphatic rings. The first kappa shape index (κ1) is 18.3. The molecule has 1 aliphatic heterocycles. The third kappa shape index (κ3) is 3.29. The van der Waals surface area contributed by atoms with Gasteiger partial charge in [0.25, 0.3) is 0 Å². The minimum Gasteiger partial charge on any atom is -0.497 e. The quantitative estimate of drug-likeness (QED) is 0.658. The van der Waals surface area contributed by atoms with Crippen molar-refractivity contribution in [1.82, 2.24) is 15.4 Å². The van der Waals surface area contributed by atoms with Crippen LogP contribution in [0.2, 0.25) is 5.15 Å². The molecule has 0 saturated heterocycles. The molecule has 0 radical (unpaired) electrons. The molecule has 1 N–H and O–H groups in total. The van der Waals surface area contributed by atoms with Gasteiger partial charge >= 0.3 is 0 Å². The van der Waals surface area contributed by atoms with Crippen LogP contribution in [0.5, 0.6) is 5.75 Å². The Balaban J connectivity index is 1.78. The maximum atomic E-state index is 12.3. The van der Waals surface area contributed by atoms with Crippen LogP contribution >= 0.6 is 11.6 Å². The lowest BCUT2D eigenvalue weighted by molar-refractivity contribution is -0.132. The van der Waals surface area contributed by atoms with Crippen LogP contribution in [-0.2, 0) is 4.79 Å². The molecule has 2 aromatic carbocycles. The number of nitrogens with zero attached hydrogens (tertiary/aromatic N) is 2. The average molecular weight is 394 g/mol. The number of aryl methyl sites for hydroxylation is 1. The molecule has 0 fully saturated rings. The predicted octanol–water partition coefficient (Wildman–Crippen LogP) is 4.65. The molecule has 1 amide bonds. The number of carbonyl (C=O) groups excluding carboxylic acids is 1. The van der Waals surface area contributed by atoms with Crippen LogP contribution in [-0.4, -0.2) is 23.0 Å². The van der Waals surface area contributed by atoms with Crippen molar-refractivity contribution in [2.75, 3.05) is 7.11 Å². The van der Waals surface area contributed by atoms with Crippen LogP contribution in [0.1, 0.15) is 29.7 Å². The highest BCUT2D eigenvalue weighted by atomic mass is 35.5. The largest absolute Gasteiger partial charge is 0.497 e. The van der Waals surface area contributed by atoms with E-state index in [9.17, 15) is 4.79 Å². The molecule has 28 heavy (non-hydrogen) atoms. The fraction of sp³-hybridized carbons (Fsp3) is 0.182. The summed E-state index contributed by atoms with van der Waals surface area (Å²) in [6, 6.07) is 15.4. The Kier molecular flexibility index (Phi) is 4.69.